The summed E-state index contributed by atoms with van der Waals surface area (Å²) >= 11 is 1.69. The van der Waals surface area contributed by atoms with Crippen LogP contribution < -0.4 is 9.47 Å². The van der Waals surface area contributed by atoms with Gasteiger partial charge in [0.25, 0.3) is 0 Å². The van der Waals surface area contributed by atoms with Gasteiger partial charge in [-0.1, -0.05) is 6.07 Å². The Hall–Kier alpha value is -2.10. The zero-order chi connectivity index (χ0) is 22.0. The molecule has 1 atom stereocenters. The first-order valence-electron chi connectivity index (χ1n) is 10.5. The molecular weight excluding hydrogens is 436 g/mol. The molecule has 2 fully saturated rings. The second kappa shape index (κ2) is 9.18. The average molecular weight is 465 g/mol. The van der Waals surface area contributed by atoms with E-state index in [0.717, 1.165) is 19.4 Å². The molecule has 168 valence electrons. The van der Waals surface area contributed by atoms with Crippen molar-refractivity contribution in [2.45, 2.75) is 36.6 Å². The van der Waals surface area contributed by atoms with E-state index in [1.165, 1.54) is 35.5 Å². The topological polar surface area (TPSA) is 76.2 Å². The third kappa shape index (κ3) is 4.31. The second-order valence-electron chi connectivity index (χ2n) is 7.90. The summed E-state index contributed by atoms with van der Waals surface area (Å²) in [5, 5.41) is 2.05. The van der Waals surface area contributed by atoms with Crippen molar-refractivity contribution in [3.05, 3.63) is 40.6 Å². The van der Waals surface area contributed by atoms with Gasteiger partial charge in [0.15, 0.2) is 11.5 Å². The smallest absolute Gasteiger partial charge is 0.243 e. The van der Waals surface area contributed by atoms with E-state index in [9.17, 15) is 13.2 Å². The highest BCUT2D eigenvalue weighted by atomic mass is 32.2. The average Bonchev–Trinajstić information content (AvgIpc) is 3.50. The molecule has 2 saturated heterocycles. The number of likely N-dealkylation sites (tertiary alicyclic amines) is 1. The fourth-order valence-electron chi connectivity index (χ4n) is 4.51. The summed E-state index contributed by atoms with van der Waals surface area (Å²) < 4.78 is 38.2. The molecule has 2 aromatic rings. The van der Waals surface area contributed by atoms with Crippen LogP contribution in [0.4, 0.5) is 0 Å². The number of sulfonamides is 1. The van der Waals surface area contributed by atoms with E-state index >= 15 is 0 Å². The first kappa shape index (κ1) is 22.1. The van der Waals surface area contributed by atoms with Gasteiger partial charge in [-0.25, -0.2) is 8.42 Å². The van der Waals surface area contributed by atoms with Gasteiger partial charge in [0, 0.05) is 36.5 Å². The molecule has 1 aromatic carbocycles. The lowest BCUT2D eigenvalue weighted by Crippen LogP contribution is -2.44. The Morgan fingerprint density at radius 1 is 1.03 bits per heavy atom. The first-order valence-corrected chi connectivity index (χ1v) is 12.8. The number of nitrogens with zero attached hydrogens (tertiary/aromatic N) is 2. The quantitative estimate of drug-likeness (QED) is 0.654. The van der Waals surface area contributed by atoms with E-state index in [-0.39, 0.29) is 22.8 Å². The zero-order valence-corrected chi connectivity index (χ0v) is 19.5. The molecular formula is C22H28N2O5S2. The molecule has 3 heterocycles. The monoisotopic (exact) mass is 464 g/mol. The third-order valence-electron chi connectivity index (χ3n) is 6.20. The third-order valence-corrected chi connectivity index (χ3v) is 9.07. The van der Waals surface area contributed by atoms with Gasteiger partial charge < -0.3 is 14.4 Å². The molecule has 2 aliphatic rings. The van der Waals surface area contributed by atoms with Crippen molar-refractivity contribution < 1.29 is 22.7 Å². The molecule has 7 nitrogen and oxygen atoms in total. The van der Waals surface area contributed by atoms with Gasteiger partial charge >= 0.3 is 0 Å². The Bertz CT molecular complexity index is 1010. The molecule has 0 aliphatic carbocycles. The van der Waals surface area contributed by atoms with E-state index < -0.39 is 10.0 Å². The molecule has 1 amide bonds. The van der Waals surface area contributed by atoms with Crippen molar-refractivity contribution in [1.82, 2.24) is 9.21 Å². The van der Waals surface area contributed by atoms with E-state index in [4.69, 9.17) is 9.47 Å². The second-order valence-corrected chi connectivity index (χ2v) is 10.8. The van der Waals surface area contributed by atoms with E-state index in [1.54, 1.807) is 17.4 Å². The van der Waals surface area contributed by atoms with Crippen LogP contribution in [0.2, 0.25) is 0 Å². The van der Waals surface area contributed by atoms with Gasteiger partial charge in [-0.3, -0.25) is 4.79 Å². The van der Waals surface area contributed by atoms with Crippen molar-refractivity contribution in [3.8, 4) is 11.5 Å². The lowest BCUT2D eigenvalue weighted by molar-refractivity contribution is -0.137. The summed E-state index contributed by atoms with van der Waals surface area (Å²) in [5.74, 6) is 0.899. The first-order chi connectivity index (χ1) is 15.0. The van der Waals surface area contributed by atoms with Crippen LogP contribution >= 0.6 is 11.3 Å². The summed E-state index contributed by atoms with van der Waals surface area (Å²) in [7, 11) is -0.669. The molecule has 0 N–H and O–H groups in total. The number of amides is 1. The molecule has 0 spiro atoms. The number of hydrogen-bond acceptors (Lipinski definition) is 6. The number of rotatable bonds is 6. The van der Waals surface area contributed by atoms with Crippen LogP contribution in [-0.4, -0.2) is 57.4 Å². The molecule has 4 rings (SSSR count). The molecule has 9 heteroatoms. The number of ether oxygens (including phenoxy) is 2. The number of thiophene rings is 1. The van der Waals surface area contributed by atoms with Gasteiger partial charge in [0.2, 0.25) is 15.9 Å². The summed E-state index contributed by atoms with van der Waals surface area (Å²) in [6, 6.07) is 8.91. The van der Waals surface area contributed by atoms with Gasteiger partial charge in [0.05, 0.1) is 25.2 Å². The van der Waals surface area contributed by atoms with Crippen LogP contribution in [0.1, 0.15) is 36.6 Å². The minimum Gasteiger partial charge on any atom is -0.493 e. The van der Waals surface area contributed by atoms with E-state index in [1.807, 2.05) is 16.3 Å². The maximum absolute atomic E-state index is 13.2. The Labute approximate surface area is 187 Å². The number of benzene rings is 1. The lowest BCUT2D eigenvalue weighted by atomic mass is 9.96. The van der Waals surface area contributed by atoms with Gasteiger partial charge in [-0.15, -0.1) is 11.3 Å². The fraction of sp³-hybridized carbons (Fsp3) is 0.500. The van der Waals surface area contributed by atoms with Crippen molar-refractivity contribution in [2.75, 3.05) is 33.9 Å². The summed E-state index contributed by atoms with van der Waals surface area (Å²) in [4.78, 5) is 16.6. The van der Waals surface area contributed by atoms with Crippen molar-refractivity contribution >= 4 is 27.3 Å². The zero-order valence-electron chi connectivity index (χ0n) is 17.8. The fourth-order valence-corrected chi connectivity index (χ4v) is 6.87. The molecule has 0 radical (unpaired) electrons. The molecule has 0 bridgehead atoms. The standard InChI is InChI=1S/C22H28N2O5S2/c1-28-19-8-7-17(15-20(19)29-2)31(26,27)23-12-9-16(10-13-23)22(25)24-11-3-5-18(24)21-6-4-14-30-21/h4,6-8,14-16,18H,3,5,9-13H2,1-2H3/t18-/m1/s1. The Balaban J connectivity index is 1.43. The predicted molar refractivity (Wildman–Crippen MR) is 119 cm³/mol. The van der Waals surface area contributed by atoms with Gasteiger partial charge in [-0.2, -0.15) is 4.31 Å². The van der Waals surface area contributed by atoms with Crippen LogP contribution in [0.25, 0.3) is 0 Å². The largest absolute Gasteiger partial charge is 0.493 e. The van der Waals surface area contributed by atoms with Crippen LogP contribution in [0.15, 0.2) is 40.6 Å². The number of carbonyl (C=O) groups is 1. The maximum atomic E-state index is 13.2. The normalized spacial score (nSPS) is 20.7. The minimum atomic E-state index is -3.66. The van der Waals surface area contributed by atoms with Crippen molar-refractivity contribution in [3.63, 3.8) is 0 Å². The van der Waals surface area contributed by atoms with Crippen LogP contribution in [0.5, 0.6) is 11.5 Å². The van der Waals surface area contributed by atoms with Crippen LogP contribution in [-0.2, 0) is 14.8 Å². The van der Waals surface area contributed by atoms with Gasteiger partial charge in [0.1, 0.15) is 0 Å². The SMILES string of the molecule is COc1ccc(S(=O)(=O)N2CCC(C(=O)N3CCC[C@@H]3c3cccs3)CC2)cc1OC. The summed E-state index contributed by atoms with van der Waals surface area (Å²) in [6.07, 6.45) is 3.09. The predicted octanol–water partition coefficient (Wildman–Crippen LogP) is 3.53. The molecule has 0 saturated carbocycles. The minimum absolute atomic E-state index is 0.127. The summed E-state index contributed by atoms with van der Waals surface area (Å²) in [6.45, 7) is 1.46. The summed E-state index contributed by atoms with van der Waals surface area (Å²) in [5.41, 5.74) is 0. The van der Waals surface area contributed by atoms with Crippen molar-refractivity contribution in [2.24, 2.45) is 5.92 Å². The lowest BCUT2D eigenvalue weighted by Gasteiger charge is -2.34. The Morgan fingerprint density at radius 2 is 1.77 bits per heavy atom. The number of hydrogen-bond donors (Lipinski definition) is 0. The molecule has 31 heavy (non-hydrogen) atoms. The number of methoxy groups -OCH3 is 2. The van der Waals surface area contributed by atoms with Crippen LogP contribution in [0.3, 0.4) is 0 Å². The highest BCUT2D eigenvalue weighted by Crippen LogP contribution is 2.37. The molecule has 2 aliphatic heterocycles. The van der Waals surface area contributed by atoms with E-state index in [2.05, 4.69) is 6.07 Å². The highest BCUT2D eigenvalue weighted by Gasteiger charge is 2.38. The van der Waals surface area contributed by atoms with E-state index in [0.29, 0.717) is 37.4 Å². The highest BCUT2D eigenvalue weighted by molar-refractivity contribution is 7.89. The number of piperidine rings is 1. The van der Waals surface area contributed by atoms with Crippen LogP contribution in [0, 0.1) is 5.92 Å². The molecule has 1 aromatic heterocycles. The Kier molecular flexibility index (Phi) is 6.55. The van der Waals surface area contributed by atoms with Crippen molar-refractivity contribution in [1.29, 1.82) is 0 Å². The Morgan fingerprint density at radius 3 is 2.42 bits per heavy atom. The maximum Gasteiger partial charge on any atom is 0.243 e. The number of carbonyl (C=O) groups excluding carboxylic acids is 1. The van der Waals surface area contributed by atoms with Gasteiger partial charge in [-0.05, 0) is 49.3 Å². The molecule has 0 unspecified atom stereocenters.